The van der Waals surface area contributed by atoms with Crippen LogP contribution >= 0.6 is 0 Å². The van der Waals surface area contributed by atoms with Crippen LogP contribution < -0.4 is 0 Å². The molecule has 2 nitrogen and oxygen atoms in total. The standard InChI is InChI=1S/C20H40O2Si/c1-23(2,3)20-15-13-11-9-7-5-4-6-8-10-12-14-18-22-19-16-17-21/h21H,4-14,16-19H2,1-3H3. The van der Waals surface area contributed by atoms with Gasteiger partial charge in [0, 0.05) is 26.2 Å². The SMILES string of the molecule is C[Si](C)(C)C#CCCCCCCCCCCCCOCCCO. The van der Waals surface area contributed by atoms with Crippen LogP contribution in [0.4, 0.5) is 0 Å². The topological polar surface area (TPSA) is 29.5 Å². The second kappa shape index (κ2) is 16.6. The van der Waals surface area contributed by atoms with Gasteiger partial charge in [-0.1, -0.05) is 71.0 Å². The molecule has 0 fully saturated rings. The van der Waals surface area contributed by atoms with Crippen molar-refractivity contribution in [3.05, 3.63) is 0 Å². The summed E-state index contributed by atoms with van der Waals surface area (Å²) in [5.74, 6) is 3.36. The Hall–Kier alpha value is -0.303. The zero-order valence-corrected chi connectivity index (χ0v) is 17.0. The molecular formula is C20H40O2Si. The van der Waals surface area contributed by atoms with E-state index in [0.29, 0.717) is 6.61 Å². The Morgan fingerprint density at radius 2 is 1.17 bits per heavy atom. The highest BCUT2D eigenvalue weighted by atomic mass is 28.3. The quantitative estimate of drug-likeness (QED) is 0.240. The molecule has 0 aromatic heterocycles. The molecular weight excluding hydrogens is 300 g/mol. The summed E-state index contributed by atoms with van der Waals surface area (Å²) in [6, 6.07) is 0. The number of hydrogen-bond donors (Lipinski definition) is 1. The number of unbranched alkanes of at least 4 members (excludes halogenated alkanes) is 10. The first-order valence-electron chi connectivity index (χ1n) is 9.75. The first-order valence-corrected chi connectivity index (χ1v) is 13.2. The van der Waals surface area contributed by atoms with E-state index in [1.54, 1.807) is 0 Å². The van der Waals surface area contributed by atoms with E-state index in [9.17, 15) is 0 Å². The minimum atomic E-state index is -1.15. The Bertz CT molecular complexity index is 299. The van der Waals surface area contributed by atoms with Crippen LogP contribution in [0.15, 0.2) is 0 Å². The van der Waals surface area contributed by atoms with Gasteiger partial charge in [-0.05, 0) is 19.3 Å². The second-order valence-electron chi connectivity index (χ2n) is 7.53. The van der Waals surface area contributed by atoms with Gasteiger partial charge >= 0.3 is 0 Å². The third-order valence-electron chi connectivity index (χ3n) is 3.75. The van der Waals surface area contributed by atoms with Crippen molar-refractivity contribution in [2.75, 3.05) is 19.8 Å². The first-order chi connectivity index (χ1) is 11.1. The molecule has 0 aromatic rings. The van der Waals surface area contributed by atoms with Crippen molar-refractivity contribution >= 4 is 8.07 Å². The Morgan fingerprint density at radius 3 is 1.70 bits per heavy atom. The lowest BCUT2D eigenvalue weighted by molar-refractivity contribution is 0.112. The van der Waals surface area contributed by atoms with Crippen LogP contribution in [-0.4, -0.2) is 33.0 Å². The van der Waals surface area contributed by atoms with Crippen LogP contribution in [0, 0.1) is 11.5 Å². The molecule has 0 saturated carbocycles. The summed E-state index contributed by atoms with van der Waals surface area (Å²) >= 11 is 0. The van der Waals surface area contributed by atoms with Crippen molar-refractivity contribution in [3.8, 4) is 11.5 Å². The number of hydrogen-bond acceptors (Lipinski definition) is 2. The molecule has 0 aliphatic heterocycles. The van der Waals surface area contributed by atoms with Gasteiger partial charge < -0.3 is 9.84 Å². The largest absolute Gasteiger partial charge is 0.396 e. The second-order valence-corrected chi connectivity index (χ2v) is 12.3. The van der Waals surface area contributed by atoms with Gasteiger partial charge in [-0.2, -0.15) is 0 Å². The summed E-state index contributed by atoms with van der Waals surface area (Å²) in [6.07, 6.45) is 15.2. The van der Waals surface area contributed by atoms with Gasteiger partial charge in [0.05, 0.1) is 0 Å². The van der Waals surface area contributed by atoms with Crippen LogP contribution in [0.1, 0.15) is 77.0 Å². The maximum absolute atomic E-state index is 8.63. The van der Waals surface area contributed by atoms with E-state index in [0.717, 1.165) is 19.4 Å². The van der Waals surface area contributed by atoms with Crippen LogP contribution in [0.25, 0.3) is 0 Å². The van der Waals surface area contributed by atoms with Gasteiger partial charge in [0.25, 0.3) is 0 Å². The highest BCUT2D eigenvalue weighted by Gasteiger charge is 2.06. The molecule has 0 atom stereocenters. The Balaban J connectivity index is 3.09. The smallest absolute Gasteiger partial charge is 0.129 e. The molecule has 0 heterocycles. The van der Waals surface area contributed by atoms with Gasteiger partial charge in [-0.15, -0.1) is 11.5 Å². The number of aliphatic hydroxyl groups excluding tert-OH is 1. The predicted octanol–water partition coefficient (Wildman–Crippen LogP) is 5.56. The van der Waals surface area contributed by atoms with Crippen molar-refractivity contribution < 1.29 is 9.84 Å². The lowest BCUT2D eigenvalue weighted by Crippen LogP contribution is -2.16. The lowest BCUT2D eigenvalue weighted by Gasteiger charge is -2.04. The zero-order chi connectivity index (χ0) is 17.2. The summed E-state index contributed by atoms with van der Waals surface area (Å²) in [5.41, 5.74) is 3.44. The van der Waals surface area contributed by atoms with Crippen molar-refractivity contribution in [2.45, 2.75) is 96.7 Å². The van der Waals surface area contributed by atoms with E-state index in [1.807, 2.05) is 0 Å². The molecule has 0 aliphatic carbocycles. The van der Waals surface area contributed by atoms with Gasteiger partial charge in [0.2, 0.25) is 0 Å². The highest BCUT2D eigenvalue weighted by molar-refractivity contribution is 6.83. The average molecular weight is 341 g/mol. The summed E-state index contributed by atoms with van der Waals surface area (Å²) in [4.78, 5) is 0. The molecule has 136 valence electrons. The molecule has 3 heteroatoms. The van der Waals surface area contributed by atoms with Crippen LogP contribution in [0.3, 0.4) is 0 Å². The summed E-state index contributed by atoms with van der Waals surface area (Å²) in [6.45, 7) is 8.74. The fraction of sp³-hybridized carbons (Fsp3) is 0.900. The maximum atomic E-state index is 8.63. The predicted molar refractivity (Wildman–Crippen MR) is 104 cm³/mol. The molecule has 0 aromatic carbocycles. The minimum absolute atomic E-state index is 0.242. The van der Waals surface area contributed by atoms with E-state index >= 15 is 0 Å². The highest BCUT2D eigenvalue weighted by Crippen LogP contribution is 2.11. The Labute approximate surface area is 146 Å². The molecule has 1 N–H and O–H groups in total. The molecule has 0 aliphatic rings. The fourth-order valence-corrected chi connectivity index (χ4v) is 3.08. The monoisotopic (exact) mass is 340 g/mol. The lowest BCUT2D eigenvalue weighted by atomic mass is 10.1. The molecule has 0 radical (unpaired) electrons. The van der Waals surface area contributed by atoms with E-state index in [-0.39, 0.29) is 6.61 Å². The normalized spacial score (nSPS) is 11.3. The van der Waals surface area contributed by atoms with E-state index in [1.165, 1.54) is 64.2 Å². The summed E-state index contributed by atoms with van der Waals surface area (Å²) in [5, 5.41) is 8.63. The molecule has 0 unspecified atom stereocenters. The van der Waals surface area contributed by atoms with Crippen LogP contribution in [0.5, 0.6) is 0 Å². The number of aliphatic hydroxyl groups is 1. The van der Waals surface area contributed by atoms with Crippen LogP contribution in [0.2, 0.25) is 19.6 Å². The van der Waals surface area contributed by atoms with Crippen molar-refractivity contribution in [2.24, 2.45) is 0 Å². The Kier molecular flexibility index (Phi) is 16.3. The van der Waals surface area contributed by atoms with Crippen molar-refractivity contribution in [3.63, 3.8) is 0 Å². The van der Waals surface area contributed by atoms with Gasteiger partial charge in [-0.25, -0.2) is 0 Å². The van der Waals surface area contributed by atoms with Gasteiger partial charge in [0.1, 0.15) is 8.07 Å². The fourth-order valence-electron chi connectivity index (χ4n) is 2.43. The third-order valence-corrected chi connectivity index (χ3v) is 4.68. The maximum Gasteiger partial charge on any atom is 0.129 e. The van der Waals surface area contributed by atoms with Gasteiger partial charge in [0.15, 0.2) is 0 Å². The van der Waals surface area contributed by atoms with Crippen molar-refractivity contribution in [1.82, 2.24) is 0 Å². The van der Waals surface area contributed by atoms with Crippen molar-refractivity contribution in [1.29, 1.82) is 0 Å². The van der Waals surface area contributed by atoms with Crippen LogP contribution in [-0.2, 0) is 4.74 Å². The van der Waals surface area contributed by atoms with E-state index in [2.05, 4.69) is 31.1 Å². The molecule has 0 spiro atoms. The molecule has 0 saturated heterocycles. The molecule has 0 bridgehead atoms. The number of ether oxygens (including phenoxy) is 1. The summed E-state index contributed by atoms with van der Waals surface area (Å²) < 4.78 is 5.43. The minimum Gasteiger partial charge on any atom is -0.396 e. The van der Waals surface area contributed by atoms with E-state index < -0.39 is 8.07 Å². The summed E-state index contributed by atoms with van der Waals surface area (Å²) in [7, 11) is -1.15. The molecule has 0 rings (SSSR count). The number of rotatable bonds is 15. The zero-order valence-electron chi connectivity index (χ0n) is 16.0. The first kappa shape index (κ1) is 22.7. The van der Waals surface area contributed by atoms with E-state index in [4.69, 9.17) is 9.84 Å². The molecule has 23 heavy (non-hydrogen) atoms. The third kappa shape index (κ3) is 21.7. The van der Waals surface area contributed by atoms with Gasteiger partial charge in [-0.3, -0.25) is 0 Å². The Morgan fingerprint density at radius 1 is 0.696 bits per heavy atom. The average Bonchev–Trinajstić information content (AvgIpc) is 2.49. The molecule has 0 amide bonds.